The zero-order valence-corrected chi connectivity index (χ0v) is 19.4. The Bertz CT molecular complexity index is 356. The van der Waals surface area contributed by atoms with E-state index in [1.807, 2.05) is 0 Å². The minimum atomic E-state index is -3.99. The summed E-state index contributed by atoms with van der Waals surface area (Å²) in [5.74, 6) is -0.189. The molecule has 0 bridgehead atoms. The molecule has 0 aliphatic heterocycles. The van der Waals surface area contributed by atoms with Gasteiger partial charge in [0.15, 0.2) is 0 Å². The maximum absolute atomic E-state index is 10.4. The molecule has 0 aliphatic rings. The van der Waals surface area contributed by atoms with Crippen molar-refractivity contribution in [3.8, 4) is 0 Å². The van der Waals surface area contributed by atoms with Gasteiger partial charge < -0.3 is 4.55 Å². The molecule has 5 heteroatoms. The van der Waals surface area contributed by atoms with Crippen LogP contribution in [0.3, 0.4) is 0 Å². The number of unbranched alkanes of at least 4 members (excludes halogenated alkanes) is 13. The van der Waals surface area contributed by atoms with Crippen LogP contribution in [0, 0.1) is 0 Å². The molecule has 0 radical (unpaired) electrons. The Hall–Kier alpha value is 0.340. The van der Waals surface area contributed by atoms with Crippen molar-refractivity contribution >= 4 is 17.4 Å². The second-order valence-corrected chi connectivity index (χ2v) is 15.4. The van der Waals surface area contributed by atoms with Crippen LogP contribution in [0.5, 0.6) is 0 Å². The molecular weight excluding hydrogens is 351 g/mol. The van der Waals surface area contributed by atoms with Crippen LogP contribution in [0.15, 0.2) is 0 Å². The molecule has 0 aromatic rings. The highest BCUT2D eigenvalue weighted by Gasteiger charge is 2.03. The molecule has 154 valence electrons. The Morgan fingerprint density at radius 2 is 0.840 bits per heavy atom. The van der Waals surface area contributed by atoms with Gasteiger partial charge in [0.1, 0.15) is 0 Å². The first-order valence-electron chi connectivity index (χ1n) is 10.3. The fourth-order valence-corrected chi connectivity index (χ4v) is 3.03. The summed E-state index contributed by atoms with van der Waals surface area (Å²) in [4.78, 5) is 0. The maximum Gasteiger partial charge on any atom is 0.0945 e. The van der Waals surface area contributed by atoms with Gasteiger partial charge in [-0.1, -0.05) is 90.4 Å². The van der Waals surface area contributed by atoms with Gasteiger partial charge >= 0.3 is 0 Å². The first-order valence-corrected chi connectivity index (χ1v) is 15.4. The van der Waals surface area contributed by atoms with Crippen LogP contribution >= 0.6 is 7.26 Å². The van der Waals surface area contributed by atoms with Crippen LogP contribution in [-0.4, -0.2) is 45.4 Å². The van der Waals surface area contributed by atoms with E-state index in [2.05, 4.69) is 33.6 Å². The highest BCUT2D eigenvalue weighted by Crippen LogP contribution is 2.40. The standard InChI is InChI=1S/C16H34O3S.C4H12P/c1-2-3-4-5-6-7-8-9-10-11-12-13-14-15-16-20(17,18)19;1-5(2,3)4/h2-16H2,1H3,(H,17,18,19);1-4H3/q;+1/p-1. The van der Waals surface area contributed by atoms with Gasteiger partial charge in [-0.3, -0.25) is 0 Å². The highest BCUT2D eigenvalue weighted by molar-refractivity contribution is 7.85. The van der Waals surface area contributed by atoms with E-state index in [0.717, 1.165) is 12.8 Å². The average Bonchev–Trinajstić information content (AvgIpc) is 2.45. The second-order valence-electron chi connectivity index (χ2n) is 8.54. The van der Waals surface area contributed by atoms with Crippen LogP contribution in [-0.2, 0) is 10.1 Å². The van der Waals surface area contributed by atoms with Crippen molar-refractivity contribution in [3.63, 3.8) is 0 Å². The van der Waals surface area contributed by atoms with Gasteiger partial charge in [0.2, 0.25) is 0 Å². The molecule has 0 unspecified atom stereocenters. The van der Waals surface area contributed by atoms with E-state index >= 15 is 0 Å². The molecule has 0 fully saturated rings. The molecular formula is C20H45O3PS. The van der Waals surface area contributed by atoms with E-state index in [4.69, 9.17) is 0 Å². The van der Waals surface area contributed by atoms with Gasteiger partial charge in [-0.05, 0) is 6.42 Å². The average molecular weight is 397 g/mol. The summed E-state index contributed by atoms with van der Waals surface area (Å²) < 4.78 is 31.2. The van der Waals surface area contributed by atoms with Gasteiger partial charge in [0.25, 0.3) is 0 Å². The Morgan fingerprint density at radius 3 is 1.08 bits per heavy atom. The van der Waals surface area contributed by atoms with Gasteiger partial charge in [0.05, 0.1) is 10.1 Å². The molecule has 0 aromatic carbocycles. The zero-order valence-electron chi connectivity index (χ0n) is 17.7. The van der Waals surface area contributed by atoms with E-state index < -0.39 is 10.1 Å². The Morgan fingerprint density at radius 1 is 0.600 bits per heavy atom. The van der Waals surface area contributed by atoms with Crippen molar-refractivity contribution in [2.24, 2.45) is 0 Å². The summed E-state index contributed by atoms with van der Waals surface area (Å²) in [6.07, 6.45) is 17.2. The van der Waals surface area contributed by atoms with Crippen LogP contribution in [0.2, 0.25) is 0 Å². The first-order chi connectivity index (χ1) is 11.6. The highest BCUT2D eigenvalue weighted by atomic mass is 32.2. The van der Waals surface area contributed by atoms with Gasteiger partial charge in [-0.2, -0.15) is 0 Å². The van der Waals surface area contributed by atoms with Crippen molar-refractivity contribution in [1.82, 2.24) is 0 Å². The Kier molecular flexibility index (Phi) is 19.6. The van der Waals surface area contributed by atoms with E-state index in [9.17, 15) is 13.0 Å². The molecule has 0 spiro atoms. The summed E-state index contributed by atoms with van der Waals surface area (Å²) in [5, 5.41) is 0. The van der Waals surface area contributed by atoms with E-state index in [-0.39, 0.29) is 13.0 Å². The lowest BCUT2D eigenvalue weighted by molar-refractivity contribution is 0.459. The van der Waals surface area contributed by atoms with Gasteiger partial charge in [-0.15, -0.1) is 0 Å². The minimum Gasteiger partial charge on any atom is -0.748 e. The molecule has 25 heavy (non-hydrogen) atoms. The molecule has 0 atom stereocenters. The summed E-state index contributed by atoms with van der Waals surface area (Å²) in [7, 11) is -4.38. The summed E-state index contributed by atoms with van der Waals surface area (Å²) in [5.41, 5.74) is 0. The fourth-order valence-electron chi connectivity index (χ4n) is 2.47. The van der Waals surface area contributed by atoms with Crippen molar-refractivity contribution in [3.05, 3.63) is 0 Å². The van der Waals surface area contributed by atoms with Crippen LogP contribution < -0.4 is 0 Å². The summed E-state index contributed by atoms with van der Waals surface area (Å²) in [6.45, 7) is 11.4. The van der Waals surface area contributed by atoms with Crippen LogP contribution in [0.1, 0.15) is 96.8 Å². The number of rotatable bonds is 15. The monoisotopic (exact) mass is 396 g/mol. The van der Waals surface area contributed by atoms with Crippen molar-refractivity contribution < 1.29 is 13.0 Å². The largest absolute Gasteiger partial charge is 0.748 e. The van der Waals surface area contributed by atoms with Gasteiger partial charge in [-0.25, -0.2) is 8.42 Å². The molecule has 0 saturated carbocycles. The van der Waals surface area contributed by atoms with Gasteiger partial charge in [0, 0.05) is 39.7 Å². The van der Waals surface area contributed by atoms with Crippen molar-refractivity contribution in [2.75, 3.05) is 32.4 Å². The normalized spacial score (nSPS) is 11.9. The molecule has 0 aliphatic carbocycles. The van der Waals surface area contributed by atoms with Crippen LogP contribution in [0.25, 0.3) is 0 Å². The Labute approximate surface area is 159 Å². The lowest BCUT2D eigenvalue weighted by Gasteiger charge is -2.06. The third-order valence-corrected chi connectivity index (χ3v) is 4.54. The Balaban J connectivity index is 0. The third kappa shape index (κ3) is 40.4. The molecule has 0 rings (SSSR count). The van der Waals surface area contributed by atoms with Crippen molar-refractivity contribution in [2.45, 2.75) is 96.8 Å². The smallest absolute Gasteiger partial charge is 0.0945 e. The fraction of sp³-hybridized carbons (Fsp3) is 1.00. The first kappa shape index (κ1) is 27.6. The molecule has 0 N–H and O–H groups in total. The SMILES string of the molecule is CCCCCCCCCCCCCCCCS(=O)(=O)[O-].C[P+](C)(C)C. The summed E-state index contributed by atoms with van der Waals surface area (Å²) in [6, 6.07) is 0. The molecule has 0 aromatic heterocycles. The molecule has 0 amide bonds. The molecule has 0 saturated heterocycles. The van der Waals surface area contributed by atoms with E-state index in [0.29, 0.717) is 6.42 Å². The van der Waals surface area contributed by atoms with Crippen LogP contribution in [0.4, 0.5) is 0 Å². The minimum absolute atomic E-state index is 0.189. The van der Waals surface area contributed by atoms with E-state index in [1.165, 1.54) is 70.6 Å². The second kappa shape index (κ2) is 17.7. The quantitative estimate of drug-likeness (QED) is 0.179. The maximum atomic E-state index is 10.4. The topological polar surface area (TPSA) is 57.2 Å². The predicted octanol–water partition coefficient (Wildman–Crippen LogP) is 6.54. The summed E-state index contributed by atoms with van der Waals surface area (Å²) >= 11 is 0. The molecule has 3 nitrogen and oxygen atoms in total. The predicted molar refractivity (Wildman–Crippen MR) is 115 cm³/mol. The third-order valence-electron chi connectivity index (χ3n) is 3.75. The number of hydrogen-bond acceptors (Lipinski definition) is 3. The zero-order chi connectivity index (χ0) is 19.6. The number of hydrogen-bond donors (Lipinski definition) is 0. The lowest BCUT2D eigenvalue weighted by atomic mass is 10.0. The molecule has 0 heterocycles. The van der Waals surface area contributed by atoms with Crippen molar-refractivity contribution in [1.29, 1.82) is 0 Å². The lowest BCUT2D eigenvalue weighted by Crippen LogP contribution is -2.03. The van der Waals surface area contributed by atoms with E-state index in [1.54, 1.807) is 0 Å².